The fourth-order valence-corrected chi connectivity index (χ4v) is 15.4. The Kier molecular flexibility index (Phi) is 42.9. The second kappa shape index (κ2) is 42.2. The van der Waals surface area contributed by atoms with Gasteiger partial charge in [-0.3, -0.25) is 0 Å². The van der Waals surface area contributed by atoms with Crippen molar-refractivity contribution in [2.75, 3.05) is 55.9 Å². The van der Waals surface area contributed by atoms with Crippen LogP contribution in [0, 0.1) is 89.7 Å². The van der Waals surface area contributed by atoms with E-state index in [0.717, 1.165) is 139 Å². The van der Waals surface area contributed by atoms with Crippen molar-refractivity contribution in [3.8, 4) is 0 Å². The van der Waals surface area contributed by atoms with Crippen molar-refractivity contribution in [3.63, 3.8) is 0 Å². The first-order valence-electron chi connectivity index (χ1n) is 41.1. The Morgan fingerprint density at radius 2 is 0.441 bits per heavy atom. The van der Waals surface area contributed by atoms with Crippen LogP contribution in [0.2, 0.25) is 0 Å². The second-order valence-electron chi connectivity index (χ2n) is 42.5. The largest absolute Gasteiger partial charge is 0.378 e. The zero-order chi connectivity index (χ0) is 80.9. The number of fused-ring (bicyclic) bond motifs is 2. The van der Waals surface area contributed by atoms with Crippen molar-refractivity contribution < 1.29 is 56.8 Å². The Morgan fingerprint density at radius 1 is 0.265 bits per heavy atom. The van der Waals surface area contributed by atoms with Gasteiger partial charge in [0.25, 0.3) is 0 Å². The predicted octanol–water partition coefficient (Wildman–Crippen LogP) is 25.5. The van der Waals surface area contributed by atoms with Crippen LogP contribution < -0.4 is 0 Å². The van der Waals surface area contributed by atoms with Crippen LogP contribution in [0.25, 0.3) is 0 Å². The molecule has 1 aliphatic carbocycles. The molecule has 0 radical (unpaired) electrons. The van der Waals surface area contributed by atoms with Gasteiger partial charge in [0.15, 0.2) is 0 Å². The van der Waals surface area contributed by atoms with E-state index in [0.29, 0.717) is 32.5 Å². The highest BCUT2D eigenvalue weighted by Gasteiger charge is 2.64. The summed E-state index contributed by atoms with van der Waals surface area (Å²) in [6, 6.07) is 0. The Bertz CT molecular complexity index is 1900. The van der Waals surface area contributed by atoms with E-state index in [4.69, 9.17) is 56.8 Å². The minimum absolute atomic E-state index is 0.0938. The molecule has 0 aromatic rings. The molecule has 2 unspecified atom stereocenters. The molecule has 4 aliphatic heterocycles. The monoisotopic (exact) mass is 1460 g/mol. The standard InChI is InChI=1S/C16H28O4.C14H26O4.2C12H26O2.3C12H26/c1-3-13-14(4-2)20-16(10-6-8-12-18-16)15(19-13)9-5-7-11-17-15;1-5-11-12(6-2)18-14(16-4)10-8-7-9-13(14,15-3)17-11;2*1-11(2,3)9(13-7)10(14-8)12(4,5)6;3*1-9(11(3,4)5)10(2)12(6,7)8/h13-14H,3-12H2,1-2H3;11-12H,5-10H2,1-4H3;2*9-10H,1-8H3;3*9-10H,1-8H3/t13-,14-,15-,16-;11-,12-,13-,14+;2*9-,10?;3*9-,10-/m1100000/s1. The molecule has 0 aromatic heterocycles. The van der Waals surface area contributed by atoms with Crippen LogP contribution in [0.1, 0.15) is 367 Å². The van der Waals surface area contributed by atoms with Crippen LogP contribution in [0.5, 0.6) is 0 Å². The molecule has 5 rings (SSSR count). The molecule has 0 N–H and O–H groups in total. The number of hydrogen-bond acceptors (Lipinski definition) is 12. The molecule has 102 heavy (non-hydrogen) atoms. The molecule has 616 valence electrons. The van der Waals surface area contributed by atoms with E-state index in [2.05, 4.69) is 277 Å². The van der Waals surface area contributed by atoms with Crippen LogP contribution >= 0.6 is 0 Å². The first kappa shape index (κ1) is 104. The summed E-state index contributed by atoms with van der Waals surface area (Å²) < 4.78 is 71.6. The maximum absolute atomic E-state index is 6.49. The van der Waals surface area contributed by atoms with Crippen molar-refractivity contribution in [1.82, 2.24) is 0 Å². The molecular formula is C90H184O12. The summed E-state index contributed by atoms with van der Waals surface area (Å²) in [5, 5.41) is 0. The summed E-state index contributed by atoms with van der Waals surface area (Å²) in [5.41, 5.74) is 3.02. The lowest BCUT2D eigenvalue weighted by molar-refractivity contribution is -0.481. The molecule has 1 saturated carbocycles. The Labute approximate surface area is 638 Å². The number of methoxy groups -OCH3 is 6. The third-order valence-electron chi connectivity index (χ3n) is 24.8. The van der Waals surface area contributed by atoms with E-state index < -0.39 is 23.1 Å². The summed E-state index contributed by atoms with van der Waals surface area (Å²) >= 11 is 0. The van der Waals surface area contributed by atoms with Crippen molar-refractivity contribution in [2.45, 2.75) is 439 Å². The third kappa shape index (κ3) is 31.0. The Morgan fingerprint density at radius 3 is 0.569 bits per heavy atom. The van der Waals surface area contributed by atoms with Crippen LogP contribution in [0.15, 0.2) is 0 Å². The van der Waals surface area contributed by atoms with Crippen molar-refractivity contribution in [1.29, 1.82) is 0 Å². The highest BCUT2D eigenvalue weighted by Crippen LogP contribution is 2.52. The molecule has 18 atom stereocenters. The Hall–Kier alpha value is -0.480. The van der Waals surface area contributed by atoms with Gasteiger partial charge < -0.3 is 56.8 Å². The van der Waals surface area contributed by atoms with Crippen LogP contribution in [-0.4, -0.2) is 128 Å². The predicted molar refractivity (Wildman–Crippen MR) is 436 cm³/mol. The van der Waals surface area contributed by atoms with E-state index in [1.807, 2.05) is 0 Å². The van der Waals surface area contributed by atoms with Crippen molar-refractivity contribution >= 4 is 0 Å². The number of rotatable bonds is 15. The van der Waals surface area contributed by atoms with Crippen LogP contribution in [0.3, 0.4) is 0 Å². The van der Waals surface area contributed by atoms with Gasteiger partial charge in [-0.25, -0.2) is 0 Å². The van der Waals surface area contributed by atoms with E-state index in [-0.39, 0.29) is 70.5 Å². The average molecular weight is 1460 g/mol. The van der Waals surface area contributed by atoms with E-state index in [1.54, 1.807) is 42.7 Å². The van der Waals surface area contributed by atoms with Crippen molar-refractivity contribution in [2.24, 2.45) is 89.7 Å². The summed E-state index contributed by atoms with van der Waals surface area (Å²) in [7, 11) is 10.4. The van der Waals surface area contributed by atoms with Gasteiger partial charge in [0.2, 0.25) is 23.1 Å². The second-order valence-corrected chi connectivity index (χ2v) is 42.5. The highest BCUT2D eigenvalue weighted by atomic mass is 16.8. The maximum atomic E-state index is 6.49. The van der Waals surface area contributed by atoms with E-state index >= 15 is 0 Å². The first-order valence-corrected chi connectivity index (χ1v) is 41.1. The minimum Gasteiger partial charge on any atom is -0.378 e. The maximum Gasteiger partial charge on any atom is 0.224 e. The summed E-state index contributed by atoms with van der Waals surface area (Å²) in [4.78, 5) is 0. The molecule has 5 fully saturated rings. The van der Waals surface area contributed by atoms with Gasteiger partial charge in [-0.05, 0) is 154 Å². The molecule has 12 nitrogen and oxygen atoms in total. The SMILES string of the molecule is CC[C@H]1O[C@@]2(OC)CCCC[C@@]2(OC)O[C@@H]1CC.CC[C@H]1O[C@]2(CCCCO2)[C@@]2(CCCCO2)O[C@@H]1CC.COC([C@H](OC)C(C)(C)C)C(C)(C)C.COC([C@H](OC)C(C)(C)C)C(C)(C)C.C[C@@H]([C@H](C)C(C)(C)C)C(C)(C)C.C[C@@H]([C@H](C)C(C)(C)C)C(C)(C)C.C[C@@H]([C@H](C)C(C)(C)C)C(C)(C)C. The number of ether oxygens (including phenoxy) is 12. The molecular weight excluding hydrogens is 1270 g/mol. The van der Waals surface area contributed by atoms with E-state index in [1.165, 1.54) is 0 Å². The lowest BCUT2D eigenvalue weighted by Gasteiger charge is -2.58. The third-order valence-corrected chi connectivity index (χ3v) is 24.8. The fourth-order valence-electron chi connectivity index (χ4n) is 15.4. The van der Waals surface area contributed by atoms with Crippen LogP contribution in [-0.2, 0) is 56.8 Å². The summed E-state index contributed by atoms with van der Waals surface area (Å²) in [6.07, 6.45) is 14.8. The van der Waals surface area contributed by atoms with Gasteiger partial charge in [-0.15, -0.1) is 0 Å². The molecule has 4 saturated heterocycles. The van der Waals surface area contributed by atoms with Gasteiger partial charge >= 0.3 is 0 Å². The topological polar surface area (TPSA) is 111 Å². The molecule has 5 aliphatic rings. The average Bonchev–Trinajstić information content (AvgIpc) is 0.737. The smallest absolute Gasteiger partial charge is 0.224 e. The molecule has 0 aromatic carbocycles. The van der Waals surface area contributed by atoms with Crippen molar-refractivity contribution in [3.05, 3.63) is 0 Å². The summed E-state index contributed by atoms with van der Waals surface area (Å²) in [6.45, 7) is 92.5. The zero-order valence-electron chi connectivity index (χ0n) is 77.3. The fraction of sp³-hybridized carbons (Fsp3) is 1.00. The molecule has 4 heterocycles. The normalized spacial score (nSPS) is 28.5. The lowest BCUT2D eigenvalue weighted by Crippen LogP contribution is -2.69. The highest BCUT2D eigenvalue weighted by molar-refractivity contribution is 5.01. The van der Waals surface area contributed by atoms with Gasteiger partial charge in [0, 0.05) is 68.3 Å². The number of hydrogen-bond donors (Lipinski definition) is 0. The first-order chi connectivity index (χ1) is 45.9. The van der Waals surface area contributed by atoms with Gasteiger partial charge in [-0.1, -0.05) is 277 Å². The van der Waals surface area contributed by atoms with Gasteiger partial charge in [0.1, 0.15) is 0 Å². The van der Waals surface area contributed by atoms with Gasteiger partial charge in [-0.2, -0.15) is 0 Å². The van der Waals surface area contributed by atoms with E-state index in [9.17, 15) is 0 Å². The zero-order valence-corrected chi connectivity index (χ0v) is 77.3. The lowest BCUT2D eigenvalue weighted by atomic mass is 9.66. The quantitative estimate of drug-likeness (QED) is 0.156. The molecule has 0 amide bonds. The summed E-state index contributed by atoms with van der Waals surface area (Å²) in [5.74, 6) is 1.86. The Balaban J connectivity index is 0. The van der Waals surface area contributed by atoms with Crippen LogP contribution in [0.4, 0.5) is 0 Å². The van der Waals surface area contributed by atoms with Gasteiger partial charge in [0.05, 0.1) is 62.0 Å². The molecule has 12 heteroatoms. The molecule has 2 spiro atoms. The molecule has 0 bridgehead atoms. The minimum atomic E-state index is -0.730.